The quantitative estimate of drug-likeness (QED) is 0.658. The minimum absolute atomic E-state index is 0.0977. The number of benzene rings is 1. The van der Waals surface area contributed by atoms with Crippen LogP contribution in [0.2, 0.25) is 0 Å². The summed E-state index contributed by atoms with van der Waals surface area (Å²) in [5.74, 6) is -0.566. The molecule has 126 valence electrons. The minimum atomic E-state index is -0.387. The van der Waals surface area contributed by atoms with E-state index in [0.29, 0.717) is 11.2 Å². The predicted octanol–water partition coefficient (Wildman–Crippen LogP) is 1.11. The highest BCUT2D eigenvalue weighted by Gasteiger charge is 2.09. The smallest absolute Gasteiger partial charge is 0.281 e. The Balaban J connectivity index is 1.57. The van der Waals surface area contributed by atoms with Gasteiger partial charge in [0.25, 0.3) is 5.56 Å². The molecular formula is C18H16N4O3. The number of rotatable bonds is 6. The number of hydrogen-bond donors (Lipinski definition) is 2. The number of anilines is 1. The van der Waals surface area contributed by atoms with Crippen molar-refractivity contribution in [3.63, 3.8) is 0 Å². The first-order valence-corrected chi connectivity index (χ1v) is 7.70. The molecule has 0 bridgehead atoms. The maximum absolute atomic E-state index is 12.3. The topological polar surface area (TPSA) is 92.6 Å². The van der Waals surface area contributed by atoms with Crippen LogP contribution in [-0.2, 0) is 4.79 Å². The van der Waals surface area contributed by atoms with Crippen molar-refractivity contribution in [1.29, 1.82) is 0 Å². The Bertz CT molecular complexity index is 967. The summed E-state index contributed by atoms with van der Waals surface area (Å²) in [4.78, 5) is 40.2. The van der Waals surface area contributed by atoms with Gasteiger partial charge in [-0.15, -0.1) is 0 Å². The van der Waals surface area contributed by atoms with Crippen LogP contribution in [0, 0.1) is 0 Å². The van der Waals surface area contributed by atoms with Crippen LogP contribution >= 0.6 is 0 Å². The van der Waals surface area contributed by atoms with Crippen LogP contribution in [0.3, 0.4) is 0 Å². The summed E-state index contributed by atoms with van der Waals surface area (Å²) in [6, 6.07) is 13.9. The van der Waals surface area contributed by atoms with E-state index in [-0.39, 0.29) is 36.0 Å². The summed E-state index contributed by atoms with van der Waals surface area (Å²) in [6.07, 6.45) is 2.99. The standard InChI is InChI=1S/C18H16N4O3/c23-15(13-6-2-1-3-7-13)11-21-17(24)12-19-14-10-20-16-8-4-5-9-22(16)18(14)25/h1-10,19H,11-12H2,(H,21,24). The van der Waals surface area contributed by atoms with Crippen LogP contribution in [0.5, 0.6) is 0 Å². The van der Waals surface area contributed by atoms with E-state index in [0.717, 1.165) is 0 Å². The van der Waals surface area contributed by atoms with Gasteiger partial charge in [-0.2, -0.15) is 0 Å². The molecule has 25 heavy (non-hydrogen) atoms. The molecule has 0 atom stereocenters. The van der Waals surface area contributed by atoms with Crippen LogP contribution in [0.25, 0.3) is 5.65 Å². The molecule has 1 aromatic carbocycles. The number of ketones is 1. The molecule has 0 aliphatic carbocycles. The first-order chi connectivity index (χ1) is 12.1. The zero-order valence-corrected chi connectivity index (χ0v) is 13.3. The van der Waals surface area contributed by atoms with Crippen molar-refractivity contribution in [3.05, 3.63) is 76.8 Å². The molecule has 2 N–H and O–H groups in total. The second kappa shape index (κ2) is 7.39. The molecule has 0 fully saturated rings. The molecule has 7 nitrogen and oxygen atoms in total. The lowest BCUT2D eigenvalue weighted by atomic mass is 10.1. The lowest BCUT2D eigenvalue weighted by molar-refractivity contribution is -0.119. The fourth-order valence-corrected chi connectivity index (χ4v) is 2.29. The Morgan fingerprint density at radius 3 is 2.56 bits per heavy atom. The SMILES string of the molecule is O=C(CNc1cnc2ccccn2c1=O)NCC(=O)c1ccccc1. The van der Waals surface area contributed by atoms with Crippen molar-refractivity contribution in [2.45, 2.75) is 0 Å². The second-order valence-corrected chi connectivity index (χ2v) is 5.33. The van der Waals surface area contributed by atoms with Gasteiger partial charge >= 0.3 is 0 Å². The van der Waals surface area contributed by atoms with E-state index in [1.165, 1.54) is 10.6 Å². The van der Waals surface area contributed by atoms with Crippen molar-refractivity contribution in [2.75, 3.05) is 18.4 Å². The fourth-order valence-electron chi connectivity index (χ4n) is 2.29. The zero-order valence-electron chi connectivity index (χ0n) is 13.3. The van der Waals surface area contributed by atoms with Crippen molar-refractivity contribution < 1.29 is 9.59 Å². The Labute approximate surface area is 143 Å². The summed E-state index contributed by atoms with van der Waals surface area (Å²) in [5, 5.41) is 5.28. The Hall–Kier alpha value is -3.48. The van der Waals surface area contributed by atoms with Crippen LogP contribution in [-0.4, -0.2) is 34.2 Å². The normalized spacial score (nSPS) is 10.4. The number of nitrogens with zero attached hydrogens (tertiary/aromatic N) is 2. The predicted molar refractivity (Wildman–Crippen MR) is 93.7 cm³/mol. The summed E-state index contributed by atoms with van der Waals surface area (Å²) in [5.41, 5.74) is 0.982. The fraction of sp³-hybridized carbons (Fsp3) is 0.111. The van der Waals surface area contributed by atoms with E-state index >= 15 is 0 Å². The monoisotopic (exact) mass is 336 g/mol. The van der Waals surface area contributed by atoms with Gasteiger partial charge in [-0.05, 0) is 12.1 Å². The van der Waals surface area contributed by atoms with Crippen molar-refractivity contribution >= 4 is 23.0 Å². The summed E-state index contributed by atoms with van der Waals surface area (Å²) in [7, 11) is 0. The number of Topliss-reactive ketones (excluding diaryl/α,β-unsaturated/α-hetero) is 1. The molecule has 0 spiro atoms. The maximum atomic E-state index is 12.3. The van der Waals surface area contributed by atoms with Gasteiger partial charge in [0, 0.05) is 11.8 Å². The van der Waals surface area contributed by atoms with E-state index in [1.54, 1.807) is 48.7 Å². The molecule has 3 aromatic rings. The zero-order chi connectivity index (χ0) is 17.6. The molecule has 2 aromatic heterocycles. The minimum Gasteiger partial charge on any atom is -0.370 e. The molecule has 0 radical (unpaired) electrons. The van der Waals surface area contributed by atoms with Gasteiger partial charge in [0.05, 0.1) is 19.3 Å². The molecule has 0 saturated heterocycles. The molecule has 0 saturated carbocycles. The number of aromatic nitrogens is 2. The van der Waals surface area contributed by atoms with E-state index in [1.807, 2.05) is 6.07 Å². The number of pyridine rings is 1. The number of fused-ring (bicyclic) bond motifs is 1. The molecular weight excluding hydrogens is 320 g/mol. The van der Waals surface area contributed by atoms with Crippen molar-refractivity contribution in [3.8, 4) is 0 Å². The molecule has 0 unspecified atom stereocenters. The number of hydrogen-bond acceptors (Lipinski definition) is 5. The van der Waals surface area contributed by atoms with Gasteiger partial charge < -0.3 is 10.6 Å². The Morgan fingerprint density at radius 1 is 1.00 bits per heavy atom. The van der Waals surface area contributed by atoms with Gasteiger partial charge in [-0.25, -0.2) is 4.98 Å². The molecule has 0 aliphatic rings. The van der Waals surface area contributed by atoms with Gasteiger partial charge in [0.2, 0.25) is 5.91 Å². The molecule has 3 rings (SSSR count). The molecule has 7 heteroatoms. The van der Waals surface area contributed by atoms with E-state index in [2.05, 4.69) is 15.6 Å². The summed E-state index contributed by atoms with van der Waals surface area (Å²) in [6.45, 7) is -0.225. The highest BCUT2D eigenvalue weighted by molar-refractivity contribution is 5.99. The number of amides is 1. The van der Waals surface area contributed by atoms with E-state index in [9.17, 15) is 14.4 Å². The number of nitrogens with one attached hydrogen (secondary N) is 2. The van der Waals surface area contributed by atoms with Crippen LogP contribution in [0.4, 0.5) is 5.69 Å². The van der Waals surface area contributed by atoms with Gasteiger partial charge in [-0.1, -0.05) is 36.4 Å². The molecule has 1 amide bonds. The lowest BCUT2D eigenvalue weighted by Gasteiger charge is -2.08. The van der Waals surface area contributed by atoms with Crippen LogP contribution < -0.4 is 16.2 Å². The van der Waals surface area contributed by atoms with E-state index in [4.69, 9.17) is 0 Å². The summed E-state index contributed by atoms with van der Waals surface area (Å²) >= 11 is 0. The van der Waals surface area contributed by atoms with Crippen molar-refractivity contribution in [1.82, 2.24) is 14.7 Å². The van der Waals surface area contributed by atoms with E-state index < -0.39 is 0 Å². The third-order valence-electron chi connectivity index (χ3n) is 3.59. The van der Waals surface area contributed by atoms with Crippen LogP contribution in [0.1, 0.15) is 10.4 Å². The summed E-state index contributed by atoms with van der Waals surface area (Å²) < 4.78 is 1.39. The Kier molecular flexibility index (Phi) is 4.84. The van der Waals surface area contributed by atoms with Gasteiger partial charge in [-0.3, -0.25) is 18.8 Å². The van der Waals surface area contributed by atoms with Gasteiger partial charge in [0.1, 0.15) is 11.3 Å². The third-order valence-corrected chi connectivity index (χ3v) is 3.59. The third kappa shape index (κ3) is 3.89. The lowest BCUT2D eigenvalue weighted by Crippen LogP contribution is -2.35. The number of carbonyl (C=O) groups is 2. The highest BCUT2D eigenvalue weighted by atomic mass is 16.2. The van der Waals surface area contributed by atoms with Gasteiger partial charge in [0.15, 0.2) is 5.78 Å². The van der Waals surface area contributed by atoms with Crippen LogP contribution in [0.15, 0.2) is 65.7 Å². The average Bonchev–Trinajstić information content (AvgIpc) is 2.66. The second-order valence-electron chi connectivity index (χ2n) is 5.33. The Morgan fingerprint density at radius 2 is 1.76 bits per heavy atom. The number of carbonyl (C=O) groups excluding carboxylic acids is 2. The average molecular weight is 336 g/mol. The largest absolute Gasteiger partial charge is 0.370 e. The highest BCUT2D eigenvalue weighted by Crippen LogP contribution is 2.01. The first kappa shape index (κ1) is 16.4. The maximum Gasteiger partial charge on any atom is 0.281 e. The van der Waals surface area contributed by atoms with Crippen molar-refractivity contribution in [2.24, 2.45) is 0 Å². The molecule has 0 aliphatic heterocycles. The first-order valence-electron chi connectivity index (χ1n) is 7.70. The molecule has 2 heterocycles.